The molecular weight excluding hydrogens is 478 g/mol. The van der Waals surface area contributed by atoms with Crippen molar-refractivity contribution in [2.45, 2.75) is 0 Å². The van der Waals surface area contributed by atoms with Gasteiger partial charge in [-0.3, -0.25) is 14.2 Å². The van der Waals surface area contributed by atoms with Crippen LogP contribution in [0, 0.1) is 11.6 Å². The maximum Gasteiger partial charge on any atom is 0.262 e. The van der Waals surface area contributed by atoms with Crippen LogP contribution in [0.25, 0.3) is 16.5 Å². The van der Waals surface area contributed by atoms with Crippen LogP contribution in [0.2, 0.25) is 5.02 Å². The van der Waals surface area contributed by atoms with Gasteiger partial charge in [0, 0.05) is 38.2 Å². The van der Waals surface area contributed by atoms with Gasteiger partial charge < -0.3 is 5.32 Å². The van der Waals surface area contributed by atoms with E-state index in [1.807, 2.05) is 0 Å². The zero-order chi connectivity index (χ0) is 21.4. The van der Waals surface area contributed by atoms with E-state index in [1.54, 1.807) is 48.5 Å². The Morgan fingerprint density at radius 3 is 2.33 bits per heavy atom. The summed E-state index contributed by atoms with van der Waals surface area (Å²) in [5.74, 6) is -2.36. The van der Waals surface area contributed by atoms with Crippen LogP contribution in [0.1, 0.15) is 10.4 Å². The number of nitrogens with one attached hydrogen (secondary N) is 1. The number of anilines is 1. The Bertz CT molecular complexity index is 1330. The number of rotatable bonds is 3. The first kappa shape index (κ1) is 20.3. The van der Waals surface area contributed by atoms with Crippen molar-refractivity contribution < 1.29 is 13.6 Å². The number of amides is 1. The van der Waals surface area contributed by atoms with Gasteiger partial charge in [0.05, 0.1) is 11.3 Å². The van der Waals surface area contributed by atoms with Crippen molar-refractivity contribution in [3.63, 3.8) is 0 Å². The molecule has 0 aliphatic carbocycles. The predicted octanol–water partition coefficient (Wildman–Crippen LogP) is 5.94. The molecule has 0 atom stereocenters. The normalized spacial score (nSPS) is 10.9. The summed E-state index contributed by atoms with van der Waals surface area (Å²) in [5.41, 5.74) is 0.141. The first-order valence-corrected chi connectivity index (χ1v) is 9.88. The first-order chi connectivity index (χ1) is 14.3. The Hall–Kier alpha value is -3.03. The number of nitrogens with zero attached hydrogens (tertiary/aromatic N) is 1. The van der Waals surface area contributed by atoms with E-state index in [0.29, 0.717) is 27.5 Å². The van der Waals surface area contributed by atoms with Crippen molar-refractivity contribution in [1.29, 1.82) is 0 Å². The number of pyridine rings is 1. The number of hydrogen-bond donors (Lipinski definition) is 1. The van der Waals surface area contributed by atoms with Crippen LogP contribution in [-0.2, 0) is 0 Å². The van der Waals surface area contributed by atoms with Crippen molar-refractivity contribution in [3.8, 4) is 5.69 Å². The molecule has 4 nitrogen and oxygen atoms in total. The summed E-state index contributed by atoms with van der Waals surface area (Å²) in [6, 6.07) is 14.9. The molecule has 0 aliphatic heterocycles. The number of hydrogen-bond acceptors (Lipinski definition) is 2. The summed E-state index contributed by atoms with van der Waals surface area (Å²) in [6.07, 6.45) is 1.39. The van der Waals surface area contributed by atoms with E-state index < -0.39 is 17.5 Å². The molecule has 3 aromatic carbocycles. The number of benzene rings is 3. The molecular formula is C22H12BrClF2N2O2. The van der Waals surface area contributed by atoms with Gasteiger partial charge in [-0.1, -0.05) is 29.8 Å². The molecule has 0 bridgehead atoms. The van der Waals surface area contributed by atoms with Gasteiger partial charge >= 0.3 is 0 Å². The molecule has 0 fully saturated rings. The fourth-order valence-corrected chi connectivity index (χ4v) is 3.74. The number of carbonyl (C=O) groups excluding carboxylic acids is 1. The fourth-order valence-electron chi connectivity index (χ4n) is 3.11. The molecule has 0 aliphatic rings. The molecule has 0 saturated heterocycles. The lowest BCUT2D eigenvalue weighted by Gasteiger charge is -2.14. The zero-order valence-corrected chi connectivity index (χ0v) is 17.5. The maximum atomic E-state index is 14.2. The highest BCUT2D eigenvalue weighted by molar-refractivity contribution is 9.10. The molecule has 8 heteroatoms. The summed E-state index contributed by atoms with van der Waals surface area (Å²) in [6.45, 7) is 0. The summed E-state index contributed by atoms with van der Waals surface area (Å²) in [4.78, 5) is 26.0. The molecule has 0 saturated carbocycles. The lowest BCUT2D eigenvalue weighted by atomic mass is 10.1. The Kier molecular flexibility index (Phi) is 5.40. The van der Waals surface area contributed by atoms with Crippen molar-refractivity contribution in [2.75, 3.05) is 5.32 Å². The van der Waals surface area contributed by atoms with Crippen LogP contribution in [0.3, 0.4) is 0 Å². The van der Waals surface area contributed by atoms with Crippen LogP contribution in [0.15, 0.2) is 76.1 Å². The molecule has 4 rings (SSSR count). The van der Waals surface area contributed by atoms with Crippen molar-refractivity contribution in [3.05, 3.63) is 104 Å². The highest BCUT2D eigenvalue weighted by atomic mass is 79.9. The molecule has 0 unspecified atom stereocenters. The molecule has 150 valence electrons. The van der Waals surface area contributed by atoms with E-state index in [2.05, 4.69) is 21.2 Å². The zero-order valence-electron chi connectivity index (χ0n) is 15.1. The summed E-state index contributed by atoms with van der Waals surface area (Å²) >= 11 is 8.98. The van der Waals surface area contributed by atoms with Crippen molar-refractivity contribution >= 4 is 49.9 Å². The van der Waals surface area contributed by atoms with Gasteiger partial charge in [-0.15, -0.1) is 0 Å². The van der Waals surface area contributed by atoms with Gasteiger partial charge in [0.2, 0.25) is 0 Å². The third-order valence-electron chi connectivity index (χ3n) is 4.52. The minimum absolute atomic E-state index is 0.0590. The second kappa shape index (κ2) is 8.01. The van der Waals surface area contributed by atoms with E-state index in [9.17, 15) is 18.4 Å². The molecule has 0 spiro atoms. The summed E-state index contributed by atoms with van der Waals surface area (Å²) in [5, 5.41) is 3.68. The lowest BCUT2D eigenvalue weighted by Crippen LogP contribution is -2.23. The summed E-state index contributed by atoms with van der Waals surface area (Å²) < 4.78 is 28.9. The second-order valence-corrected chi connectivity index (χ2v) is 7.73. The fraction of sp³-hybridized carbons (Fsp3) is 0. The average Bonchev–Trinajstić information content (AvgIpc) is 2.72. The van der Waals surface area contributed by atoms with E-state index >= 15 is 0 Å². The lowest BCUT2D eigenvalue weighted by molar-refractivity contribution is 0.102. The Morgan fingerprint density at radius 2 is 1.67 bits per heavy atom. The number of carbonyl (C=O) groups is 1. The van der Waals surface area contributed by atoms with Crippen LogP contribution in [-0.4, -0.2) is 10.5 Å². The molecule has 1 aromatic heterocycles. The number of halogens is 4. The van der Waals surface area contributed by atoms with Crippen molar-refractivity contribution in [2.24, 2.45) is 0 Å². The molecule has 1 N–H and O–H groups in total. The predicted molar refractivity (Wildman–Crippen MR) is 117 cm³/mol. The Morgan fingerprint density at radius 1 is 1.00 bits per heavy atom. The van der Waals surface area contributed by atoms with E-state index in [0.717, 1.165) is 6.07 Å². The van der Waals surface area contributed by atoms with Gasteiger partial charge in [0.15, 0.2) is 5.82 Å². The summed E-state index contributed by atoms with van der Waals surface area (Å²) in [7, 11) is 0. The topological polar surface area (TPSA) is 51.1 Å². The minimum atomic E-state index is -0.925. The quantitative estimate of drug-likeness (QED) is 0.387. The number of aromatic nitrogens is 1. The minimum Gasteiger partial charge on any atom is -0.318 e. The van der Waals surface area contributed by atoms with E-state index in [1.165, 1.54) is 10.8 Å². The molecule has 30 heavy (non-hydrogen) atoms. The van der Waals surface area contributed by atoms with Gasteiger partial charge in [-0.2, -0.15) is 0 Å². The maximum absolute atomic E-state index is 14.2. The first-order valence-electron chi connectivity index (χ1n) is 8.71. The standard InChI is InChI=1S/C22H12BrClF2N2O2/c23-18-9-13(25)10-19(26)20(18)27-21(29)17-11-28(14-7-5-12(24)6-8-14)22(30)16-4-2-1-3-15(16)17/h1-11H,(H,27,29). The monoisotopic (exact) mass is 488 g/mol. The van der Waals surface area contributed by atoms with Gasteiger partial charge in [-0.25, -0.2) is 8.78 Å². The highest BCUT2D eigenvalue weighted by Gasteiger charge is 2.19. The van der Waals surface area contributed by atoms with Gasteiger partial charge in [0.1, 0.15) is 5.82 Å². The average molecular weight is 490 g/mol. The van der Waals surface area contributed by atoms with E-state index in [-0.39, 0.29) is 21.3 Å². The molecule has 1 amide bonds. The number of fused-ring (bicyclic) bond motifs is 1. The van der Waals surface area contributed by atoms with Crippen LogP contribution >= 0.6 is 27.5 Å². The largest absolute Gasteiger partial charge is 0.318 e. The Balaban J connectivity index is 1.88. The van der Waals surface area contributed by atoms with Crippen LogP contribution < -0.4 is 10.9 Å². The highest BCUT2D eigenvalue weighted by Crippen LogP contribution is 2.28. The molecule has 1 heterocycles. The Labute approximate surface area is 182 Å². The smallest absolute Gasteiger partial charge is 0.262 e. The van der Waals surface area contributed by atoms with Crippen LogP contribution in [0.4, 0.5) is 14.5 Å². The van der Waals surface area contributed by atoms with Gasteiger partial charge in [0.25, 0.3) is 11.5 Å². The van der Waals surface area contributed by atoms with Crippen molar-refractivity contribution in [1.82, 2.24) is 4.57 Å². The third-order valence-corrected chi connectivity index (χ3v) is 5.40. The van der Waals surface area contributed by atoms with Gasteiger partial charge in [-0.05, 0) is 52.3 Å². The van der Waals surface area contributed by atoms with Crippen LogP contribution in [0.5, 0.6) is 0 Å². The SMILES string of the molecule is O=C(Nc1c(F)cc(F)cc1Br)c1cn(-c2ccc(Cl)cc2)c(=O)c2ccccc12. The second-order valence-electron chi connectivity index (χ2n) is 6.44. The third kappa shape index (κ3) is 3.74. The molecule has 0 radical (unpaired) electrons. The van der Waals surface area contributed by atoms with E-state index in [4.69, 9.17) is 11.6 Å². The molecule has 4 aromatic rings.